The highest BCUT2D eigenvalue weighted by molar-refractivity contribution is 6.02. The average Bonchev–Trinajstić information content (AvgIpc) is 3.43. The molecule has 3 heterocycles. The molecule has 176 valence electrons. The average molecular weight is 477 g/mol. The molecule has 0 unspecified atom stereocenters. The van der Waals surface area contributed by atoms with Crippen molar-refractivity contribution in [2.75, 3.05) is 13.1 Å². The highest BCUT2D eigenvalue weighted by atomic mass is 19.4. The summed E-state index contributed by atoms with van der Waals surface area (Å²) >= 11 is 0. The van der Waals surface area contributed by atoms with Gasteiger partial charge in [-0.05, 0) is 47.4 Å². The number of rotatable bonds is 5. The lowest BCUT2D eigenvalue weighted by atomic mass is 9.92. The Hall–Kier alpha value is -3.89. The largest absolute Gasteiger partial charge is 0.464 e. The van der Waals surface area contributed by atoms with Crippen LogP contribution in [0.25, 0.3) is 33.2 Å². The second-order valence-corrected chi connectivity index (χ2v) is 7.83. The Morgan fingerprint density at radius 3 is 2.68 bits per heavy atom. The van der Waals surface area contributed by atoms with Gasteiger partial charge < -0.3 is 14.1 Å². The molecular formula is C23H16F5N3O3. The number of halogens is 5. The van der Waals surface area contributed by atoms with Crippen LogP contribution in [0.2, 0.25) is 0 Å². The number of ether oxygens (including phenoxy) is 1. The van der Waals surface area contributed by atoms with E-state index in [4.69, 9.17) is 4.42 Å². The summed E-state index contributed by atoms with van der Waals surface area (Å²) in [6.07, 6.45) is 0.286. The van der Waals surface area contributed by atoms with Crippen molar-refractivity contribution in [1.82, 2.24) is 15.1 Å². The first-order chi connectivity index (χ1) is 16.2. The lowest BCUT2D eigenvalue weighted by Crippen LogP contribution is -2.43. The number of fused-ring (bicyclic) bond motifs is 2. The fourth-order valence-corrected chi connectivity index (χ4v) is 4.18. The predicted molar refractivity (Wildman–Crippen MR) is 112 cm³/mol. The van der Waals surface area contributed by atoms with Gasteiger partial charge in [0.05, 0.1) is 18.0 Å². The molecule has 1 aliphatic rings. The number of benzene rings is 2. The molecule has 0 fully saturated rings. The first-order valence-electron chi connectivity index (χ1n) is 10.2. The molecule has 0 spiro atoms. The second-order valence-electron chi connectivity index (χ2n) is 7.83. The Labute approximate surface area is 188 Å². The van der Waals surface area contributed by atoms with Gasteiger partial charge in [0.1, 0.15) is 17.9 Å². The number of carbonyl (C=O) groups is 1. The van der Waals surface area contributed by atoms with Crippen molar-refractivity contribution in [2.24, 2.45) is 0 Å². The summed E-state index contributed by atoms with van der Waals surface area (Å²) in [4.78, 5) is 13.3. The van der Waals surface area contributed by atoms with Gasteiger partial charge in [-0.3, -0.25) is 9.89 Å². The number of H-pyrrole nitrogens is 1. The van der Waals surface area contributed by atoms with Crippen LogP contribution >= 0.6 is 0 Å². The highest BCUT2D eigenvalue weighted by Crippen LogP contribution is 2.39. The molecule has 0 atom stereocenters. The summed E-state index contributed by atoms with van der Waals surface area (Å²) in [6.45, 7) is -4.92. The maximum atomic E-state index is 13.1. The van der Waals surface area contributed by atoms with Crippen LogP contribution in [0, 0.1) is 0 Å². The molecule has 0 radical (unpaired) electrons. The Morgan fingerprint density at radius 2 is 1.97 bits per heavy atom. The van der Waals surface area contributed by atoms with Crippen LogP contribution in [0.4, 0.5) is 22.0 Å². The van der Waals surface area contributed by atoms with E-state index >= 15 is 0 Å². The lowest BCUT2D eigenvalue weighted by Gasteiger charge is -2.30. The molecule has 34 heavy (non-hydrogen) atoms. The highest BCUT2D eigenvalue weighted by Gasteiger charge is 2.37. The minimum Gasteiger partial charge on any atom is -0.464 e. The van der Waals surface area contributed by atoms with Gasteiger partial charge in [-0.25, -0.2) is 0 Å². The van der Waals surface area contributed by atoms with Crippen molar-refractivity contribution in [2.45, 2.75) is 19.2 Å². The molecule has 2 aromatic carbocycles. The smallest absolute Gasteiger partial charge is 0.406 e. The molecule has 0 aliphatic carbocycles. The van der Waals surface area contributed by atoms with E-state index in [1.54, 1.807) is 30.6 Å². The molecule has 0 saturated heterocycles. The van der Waals surface area contributed by atoms with E-state index in [1.807, 2.05) is 6.07 Å². The molecule has 1 amide bonds. The number of alkyl halides is 5. The third-order valence-electron chi connectivity index (χ3n) is 5.64. The molecule has 5 rings (SSSR count). The third-order valence-corrected chi connectivity index (χ3v) is 5.64. The summed E-state index contributed by atoms with van der Waals surface area (Å²) in [5, 5.41) is 7.33. The fourth-order valence-electron chi connectivity index (χ4n) is 4.18. The van der Waals surface area contributed by atoms with E-state index in [0.717, 1.165) is 11.1 Å². The Morgan fingerprint density at radius 1 is 1.15 bits per heavy atom. The van der Waals surface area contributed by atoms with Crippen molar-refractivity contribution in [3.63, 3.8) is 0 Å². The second kappa shape index (κ2) is 8.15. The predicted octanol–water partition coefficient (Wildman–Crippen LogP) is 5.65. The van der Waals surface area contributed by atoms with E-state index in [2.05, 4.69) is 14.9 Å². The molecule has 1 aliphatic heterocycles. The monoisotopic (exact) mass is 477 g/mol. The topological polar surface area (TPSA) is 71.4 Å². The minimum atomic E-state index is -4.61. The Bertz CT molecular complexity index is 1360. The van der Waals surface area contributed by atoms with Crippen LogP contribution in [0.15, 0.2) is 53.4 Å². The van der Waals surface area contributed by atoms with E-state index in [9.17, 15) is 26.7 Å². The minimum absolute atomic E-state index is 0.0605. The quantitative estimate of drug-likeness (QED) is 0.377. The van der Waals surface area contributed by atoms with Gasteiger partial charge in [0.2, 0.25) is 0 Å². The molecule has 6 nitrogen and oxygen atoms in total. The van der Waals surface area contributed by atoms with E-state index in [1.165, 1.54) is 12.3 Å². The van der Waals surface area contributed by atoms with Crippen LogP contribution < -0.4 is 4.74 Å². The van der Waals surface area contributed by atoms with Crippen molar-refractivity contribution in [1.29, 1.82) is 0 Å². The van der Waals surface area contributed by atoms with Crippen molar-refractivity contribution in [3.8, 4) is 28.0 Å². The number of furan rings is 1. The summed E-state index contributed by atoms with van der Waals surface area (Å²) in [7, 11) is 0. The van der Waals surface area contributed by atoms with E-state index in [0.29, 0.717) is 32.6 Å². The number of hydrogen-bond acceptors (Lipinski definition) is 4. The number of nitrogens with one attached hydrogen (secondary N) is 1. The number of amides is 1. The Balaban J connectivity index is 1.57. The number of nitrogens with zero attached hydrogens (tertiary/aromatic N) is 2. The van der Waals surface area contributed by atoms with Crippen molar-refractivity contribution in [3.05, 3.63) is 60.1 Å². The van der Waals surface area contributed by atoms with Crippen molar-refractivity contribution < 1.29 is 35.9 Å². The first kappa shape index (κ1) is 21.9. The molecule has 4 aromatic rings. The van der Waals surface area contributed by atoms with Gasteiger partial charge in [-0.15, -0.1) is 0 Å². The number of aromatic amines is 1. The zero-order valence-corrected chi connectivity index (χ0v) is 17.3. The number of aromatic nitrogens is 2. The van der Waals surface area contributed by atoms with Gasteiger partial charge in [0.15, 0.2) is 0 Å². The molecule has 11 heteroatoms. The SMILES string of the molecule is O=C1c2c(cc(-c3coc4cc(-c5cn[nH]c5)ccc34)cc2OC(F)F)CCN1CC(F)(F)F. The van der Waals surface area contributed by atoms with Gasteiger partial charge in [0.25, 0.3) is 5.91 Å². The van der Waals surface area contributed by atoms with Gasteiger partial charge in [-0.1, -0.05) is 6.07 Å². The van der Waals surface area contributed by atoms with E-state index < -0.39 is 31.0 Å². The number of carbonyl (C=O) groups excluding carboxylic acids is 1. The van der Waals surface area contributed by atoms with Gasteiger partial charge >= 0.3 is 12.8 Å². The van der Waals surface area contributed by atoms with Gasteiger partial charge in [-0.2, -0.15) is 27.1 Å². The molecule has 1 N–H and O–H groups in total. The summed E-state index contributed by atoms with van der Waals surface area (Å²) in [6, 6.07) is 8.29. The maximum Gasteiger partial charge on any atom is 0.406 e. The summed E-state index contributed by atoms with van der Waals surface area (Å²) in [5.41, 5.74) is 3.31. The maximum absolute atomic E-state index is 13.1. The summed E-state index contributed by atoms with van der Waals surface area (Å²) < 4.78 is 75.1. The normalized spacial score (nSPS) is 14.2. The van der Waals surface area contributed by atoms with Crippen LogP contribution in [0.5, 0.6) is 5.75 Å². The van der Waals surface area contributed by atoms with Crippen LogP contribution in [0.1, 0.15) is 15.9 Å². The third kappa shape index (κ3) is 4.09. The summed E-state index contributed by atoms with van der Waals surface area (Å²) in [5.74, 6) is -1.47. The van der Waals surface area contributed by atoms with Crippen molar-refractivity contribution >= 4 is 16.9 Å². The fraction of sp³-hybridized carbons (Fsp3) is 0.217. The molecule has 2 aromatic heterocycles. The standard InChI is InChI=1S/C23H16F5N3O3/c24-22(25)34-19-7-14(5-13-3-4-31(11-23(26,27)28)21(32)20(13)19)17-10-33-18-6-12(1-2-16(17)18)15-8-29-30-9-15/h1-2,5-10,22H,3-4,11H2,(H,29,30). The van der Waals surface area contributed by atoms with Crippen LogP contribution in [-0.2, 0) is 6.42 Å². The molecular weight excluding hydrogens is 461 g/mol. The zero-order chi connectivity index (χ0) is 24.0. The molecule has 0 saturated carbocycles. The molecule has 0 bridgehead atoms. The van der Waals surface area contributed by atoms with Crippen LogP contribution in [-0.4, -0.2) is 46.9 Å². The van der Waals surface area contributed by atoms with Crippen LogP contribution in [0.3, 0.4) is 0 Å². The zero-order valence-electron chi connectivity index (χ0n) is 17.3. The van der Waals surface area contributed by atoms with Gasteiger partial charge in [0, 0.05) is 29.3 Å². The van der Waals surface area contributed by atoms with E-state index in [-0.39, 0.29) is 18.5 Å². The lowest BCUT2D eigenvalue weighted by molar-refractivity contribution is -0.141. The first-order valence-corrected chi connectivity index (χ1v) is 10.2. The number of hydrogen-bond donors (Lipinski definition) is 1. The Kier molecular flexibility index (Phi) is 5.26.